The molecule has 2 N–H and O–H groups in total. The van der Waals surface area contributed by atoms with Crippen molar-refractivity contribution in [2.75, 3.05) is 13.6 Å². The Bertz CT molecular complexity index is 594. The van der Waals surface area contributed by atoms with Crippen LogP contribution in [0.2, 0.25) is 0 Å². The van der Waals surface area contributed by atoms with Gasteiger partial charge in [0.15, 0.2) is 5.96 Å². The molecule has 2 aromatic rings. The van der Waals surface area contributed by atoms with Crippen molar-refractivity contribution in [3.63, 3.8) is 0 Å². The van der Waals surface area contributed by atoms with Crippen molar-refractivity contribution < 1.29 is 0 Å². The Kier molecular flexibility index (Phi) is 8.69. The van der Waals surface area contributed by atoms with E-state index in [1.807, 2.05) is 6.07 Å². The van der Waals surface area contributed by atoms with Crippen LogP contribution in [0.15, 0.2) is 59.6 Å². The molecule has 0 aliphatic heterocycles. The first kappa shape index (κ1) is 19.5. The lowest BCUT2D eigenvalue weighted by Crippen LogP contribution is -2.39. The van der Waals surface area contributed by atoms with Crippen LogP contribution in [-0.4, -0.2) is 19.6 Å². The number of hydrogen-bond acceptors (Lipinski definition) is 1. The van der Waals surface area contributed by atoms with Crippen molar-refractivity contribution in [3.05, 3.63) is 71.3 Å². The maximum absolute atomic E-state index is 4.29. The molecule has 0 aliphatic carbocycles. The maximum atomic E-state index is 4.29. The Morgan fingerprint density at radius 1 is 1.04 bits per heavy atom. The monoisotopic (exact) mass is 423 g/mol. The Morgan fingerprint density at radius 2 is 1.70 bits per heavy atom. The van der Waals surface area contributed by atoms with Gasteiger partial charge in [-0.25, -0.2) is 0 Å². The number of nitrogens with one attached hydrogen (secondary N) is 2. The van der Waals surface area contributed by atoms with E-state index in [2.05, 4.69) is 78.0 Å². The van der Waals surface area contributed by atoms with Crippen LogP contribution in [0.3, 0.4) is 0 Å². The fourth-order valence-electron chi connectivity index (χ4n) is 2.30. The van der Waals surface area contributed by atoms with Crippen LogP contribution in [-0.2, 0) is 6.42 Å². The third kappa shape index (κ3) is 6.60. The van der Waals surface area contributed by atoms with Gasteiger partial charge in [-0.05, 0) is 31.4 Å². The van der Waals surface area contributed by atoms with Gasteiger partial charge in [-0.15, -0.1) is 24.0 Å². The molecule has 0 spiro atoms. The van der Waals surface area contributed by atoms with Crippen LogP contribution in [0.5, 0.6) is 0 Å². The first-order valence-electron chi connectivity index (χ1n) is 7.76. The average Bonchev–Trinajstić information content (AvgIpc) is 2.56. The molecule has 124 valence electrons. The largest absolute Gasteiger partial charge is 0.356 e. The molecule has 0 aliphatic rings. The number of aliphatic imine (C=N–C) groups is 1. The van der Waals surface area contributed by atoms with E-state index in [0.717, 1.165) is 18.9 Å². The Hall–Kier alpha value is -1.56. The van der Waals surface area contributed by atoms with Crippen molar-refractivity contribution in [1.29, 1.82) is 0 Å². The first-order valence-corrected chi connectivity index (χ1v) is 7.76. The van der Waals surface area contributed by atoms with Gasteiger partial charge in [-0.2, -0.15) is 0 Å². The van der Waals surface area contributed by atoms with E-state index in [1.165, 1.54) is 16.7 Å². The third-order valence-electron chi connectivity index (χ3n) is 3.70. The topological polar surface area (TPSA) is 36.4 Å². The molecule has 3 nitrogen and oxygen atoms in total. The van der Waals surface area contributed by atoms with Crippen LogP contribution in [0, 0.1) is 6.92 Å². The van der Waals surface area contributed by atoms with Gasteiger partial charge < -0.3 is 10.6 Å². The number of aryl methyl sites for hydroxylation is 1. The molecule has 0 amide bonds. The minimum Gasteiger partial charge on any atom is -0.356 e. The number of hydrogen-bond donors (Lipinski definition) is 2. The van der Waals surface area contributed by atoms with Crippen LogP contribution in [0.1, 0.15) is 29.7 Å². The van der Waals surface area contributed by atoms with Crippen molar-refractivity contribution in [1.82, 2.24) is 10.6 Å². The molecule has 0 bridgehead atoms. The van der Waals surface area contributed by atoms with Gasteiger partial charge in [0.25, 0.3) is 0 Å². The van der Waals surface area contributed by atoms with E-state index < -0.39 is 0 Å². The smallest absolute Gasteiger partial charge is 0.191 e. The zero-order chi connectivity index (χ0) is 15.8. The average molecular weight is 423 g/mol. The molecule has 0 saturated heterocycles. The van der Waals surface area contributed by atoms with Crippen molar-refractivity contribution in [2.24, 2.45) is 4.99 Å². The second kappa shape index (κ2) is 10.3. The zero-order valence-electron chi connectivity index (χ0n) is 14.0. The third-order valence-corrected chi connectivity index (χ3v) is 3.70. The van der Waals surface area contributed by atoms with E-state index in [-0.39, 0.29) is 30.0 Å². The molecule has 23 heavy (non-hydrogen) atoms. The summed E-state index contributed by atoms with van der Waals surface area (Å²) >= 11 is 0. The lowest BCUT2D eigenvalue weighted by Gasteiger charge is -2.18. The molecule has 2 aromatic carbocycles. The molecule has 0 saturated carbocycles. The highest BCUT2D eigenvalue weighted by Gasteiger charge is 2.06. The van der Waals surface area contributed by atoms with Gasteiger partial charge in [-0.3, -0.25) is 4.99 Å². The molecular formula is C19H26IN3. The van der Waals surface area contributed by atoms with E-state index in [0.29, 0.717) is 0 Å². The van der Waals surface area contributed by atoms with E-state index in [4.69, 9.17) is 0 Å². The summed E-state index contributed by atoms with van der Waals surface area (Å²) in [5.74, 6) is 0.837. The molecule has 0 aromatic heterocycles. The Morgan fingerprint density at radius 3 is 2.30 bits per heavy atom. The lowest BCUT2D eigenvalue weighted by atomic mass is 10.1. The van der Waals surface area contributed by atoms with Gasteiger partial charge in [0.1, 0.15) is 0 Å². The molecule has 1 atom stereocenters. The number of halogens is 1. The summed E-state index contributed by atoms with van der Waals surface area (Å²) in [6.07, 6.45) is 0.987. The summed E-state index contributed by atoms with van der Waals surface area (Å²) < 4.78 is 0. The summed E-state index contributed by atoms with van der Waals surface area (Å²) in [4.78, 5) is 4.29. The number of nitrogens with zero attached hydrogens (tertiary/aromatic N) is 1. The SMILES string of the molecule is CN=C(NCCc1ccc(C)cc1)NC(C)c1ccccc1.I. The molecule has 0 heterocycles. The molecular weight excluding hydrogens is 397 g/mol. The molecule has 0 fully saturated rings. The highest BCUT2D eigenvalue weighted by Crippen LogP contribution is 2.10. The van der Waals surface area contributed by atoms with Crippen molar-refractivity contribution >= 4 is 29.9 Å². The van der Waals surface area contributed by atoms with Gasteiger partial charge in [0.05, 0.1) is 6.04 Å². The number of rotatable bonds is 5. The summed E-state index contributed by atoms with van der Waals surface area (Å²) in [6, 6.07) is 19.3. The van der Waals surface area contributed by atoms with Crippen LogP contribution in [0.4, 0.5) is 0 Å². The van der Waals surface area contributed by atoms with E-state index in [9.17, 15) is 0 Å². The summed E-state index contributed by atoms with van der Waals surface area (Å²) in [5, 5.41) is 6.79. The summed E-state index contributed by atoms with van der Waals surface area (Å²) in [6.45, 7) is 5.12. The quantitative estimate of drug-likeness (QED) is 0.432. The van der Waals surface area contributed by atoms with Crippen LogP contribution >= 0.6 is 24.0 Å². The van der Waals surface area contributed by atoms with Crippen molar-refractivity contribution in [2.45, 2.75) is 26.3 Å². The normalized spacial score (nSPS) is 12.2. The standard InChI is InChI=1S/C19H25N3.HI/c1-15-9-11-17(12-10-15)13-14-21-19(20-3)22-16(2)18-7-5-4-6-8-18;/h4-12,16H,13-14H2,1-3H3,(H2,20,21,22);1H. The molecule has 4 heteroatoms. The minimum atomic E-state index is 0. The summed E-state index contributed by atoms with van der Waals surface area (Å²) in [7, 11) is 1.80. The lowest BCUT2D eigenvalue weighted by molar-refractivity contribution is 0.684. The zero-order valence-corrected chi connectivity index (χ0v) is 16.4. The molecule has 0 radical (unpaired) electrons. The van der Waals surface area contributed by atoms with Crippen molar-refractivity contribution in [3.8, 4) is 0 Å². The first-order chi connectivity index (χ1) is 10.7. The maximum Gasteiger partial charge on any atom is 0.191 e. The fraction of sp³-hybridized carbons (Fsp3) is 0.316. The van der Waals surface area contributed by atoms with Gasteiger partial charge in [-0.1, -0.05) is 60.2 Å². The Balaban J connectivity index is 0.00000264. The second-order valence-electron chi connectivity index (χ2n) is 5.51. The number of guanidine groups is 1. The fourth-order valence-corrected chi connectivity index (χ4v) is 2.30. The predicted octanol–water partition coefficient (Wildman–Crippen LogP) is 4.08. The summed E-state index contributed by atoms with van der Waals surface area (Å²) in [5.41, 5.74) is 3.89. The van der Waals surface area contributed by atoms with Gasteiger partial charge >= 0.3 is 0 Å². The number of benzene rings is 2. The highest BCUT2D eigenvalue weighted by molar-refractivity contribution is 14.0. The highest BCUT2D eigenvalue weighted by atomic mass is 127. The minimum absolute atomic E-state index is 0. The molecule has 2 rings (SSSR count). The Labute approximate surface area is 156 Å². The van der Waals surface area contributed by atoms with E-state index >= 15 is 0 Å². The van der Waals surface area contributed by atoms with Crippen LogP contribution in [0.25, 0.3) is 0 Å². The van der Waals surface area contributed by atoms with Gasteiger partial charge in [0.2, 0.25) is 0 Å². The van der Waals surface area contributed by atoms with Gasteiger partial charge in [0, 0.05) is 13.6 Å². The van der Waals surface area contributed by atoms with E-state index in [1.54, 1.807) is 7.05 Å². The second-order valence-corrected chi connectivity index (χ2v) is 5.51. The molecule has 1 unspecified atom stereocenters. The predicted molar refractivity (Wildman–Crippen MR) is 110 cm³/mol. The van der Waals surface area contributed by atoms with Crippen LogP contribution < -0.4 is 10.6 Å².